The molecule has 0 aromatic carbocycles. The van der Waals surface area contributed by atoms with Gasteiger partial charge < -0.3 is 9.47 Å². The van der Waals surface area contributed by atoms with E-state index in [9.17, 15) is 4.79 Å². The van der Waals surface area contributed by atoms with Crippen molar-refractivity contribution in [3.8, 4) is 0 Å². The Morgan fingerprint density at radius 3 is 2.17 bits per heavy atom. The largest absolute Gasteiger partial charge is 0.436 e. The fourth-order valence-corrected chi connectivity index (χ4v) is 1.43. The van der Waals surface area contributed by atoms with E-state index in [2.05, 4.69) is 6.92 Å². The Balaban J connectivity index is 2.52. The van der Waals surface area contributed by atoms with Crippen LogP contribution in [-0.4, -0.2) is 18.4 Å². The number of rotatable bonds is 1. The maximum absolute atomic E-state index is 10.7. The molecule has 1 rings (SSSR count). The topological polar surface area (TPSA) is 35.5 Å². The summed E-state index contributed by atoms with van der Waals surface area (Å²) >= 11 is 0. The second-order valence-electron chi connectivity index (χ2n) is 3.54. The van der Waals surface area contributed by atoms with Crippen molar-refractivity contribution in [2.45, 2.75) is 40.1 Å². The molecule has 0 aromatic heterocycles. The predicted octanol–water partition coefficient (Wildman–Crippen LogP) is 1.57. The van der Waals surface area contributed by atoms with Gasteiger partial charge in [-0.15, -0.1) is 0 Å². The summed E-state index contributed by atoms with van der Waals surface area (Å²) in [6.07, 6.45) is -0.156. The van der Waals surface area contributed by atoms with Gasteiger partial charge in [0.2, 0.25) is 6.29 Å². The number of esters is 1. The predicted molar refractivity (Wildman–Crippen MR) is 44.4 cm³/mol. The highest BCUT2D eigenvalue weighted by Gasteiger charge is 2.38. The number of carbonyl (C=O) groups excluding carboxylic acids is 1. The van der Waals surface area contributed by atoms with Gasteiger partial charge in [-0.05, 0) is 12.8 Å². The molecule has 1 heterocycles. The zero-order valence-electron chi connectivity index (χ0n) is 8.03. The van der Waals surface area contributed by atoms with Gasteiger partial charge in [0.05, 0.1) is 6.10 Å². The maximum Gasteiger partial charge on any atom is 0.304 e. The van der Waals surface area contributed by atoms with E-state index in [-0.39, 0.29) is 18.4 Å². The highest BCUT2D eigenvalue weighted by Crippen LogP contribution is 2.32. The molecule has 4 atom stereocenters. The summed E-state index contributed by atoms with van der Waals surface area (Å²) in [5, 5.41) is 0. The summed E-state index contributed by atoms with van der Waals surface area (Å²) in [6, 6.07) is 0. The van der Waals surface area contributed by atoms with Crippen LogP contribution in [0.25, 0.3) is 0 Å². The first-order chi connectivity index (χ1) is 5.52. The average molecular weight is 172 g/mol. The molecular weight excluding hydrogens is 156 g/mol. The van der Waals surface area contributed by atoms with Crippen LogP contribution in [0.15, 0.2) is 0 Å². The summed E-state index contributed by atoms with van der Waals surface area (Å²) in [5.74, 6) is 0.478. The van der Waals surface area contributed by atoms with Gasteiger partial charge in [-0.1, -0.05) is 13.8 Å². The highest BCUT2D eigenvalue weighted by atomic mass is 16.7. The third kappa shape index (κ3) is 1.78. The van der Waals surface area contributed by atoms with Crippen LogP contribution in [-0.2, 0) is 14.3 Å². The SMILES string of the molecule is CC(=O)OC1O[C@H](C)[C@@H](C)[C@H]1C. The molecule has 0 spiro atoms. The molecule has 0 radical (unpaired) electrons. The van der Waals surface area contributed by atoms with Crippen LogP contribution in [0.1, 0.15) is 27.7 Å². The van der Waals surface area contributed by atoms with E-state index in [1.54, 1.807) is 0 Å². The molecule has 1 aliphatic heterocycles. The molecule has 1 unspecified atom stereocenters. The Bertz CT molecular complexity index is 179. The molecule has 3 heteroatoms. The third-order valence-electron chi connectivity index (χ3n) is 2.63. The van der Waals surface area contributed by atoms with Crippen molar-refractivity contribution in [2.24, 2.45) is 11.8 Å². The van der Waals surface area contributed by atoms with Crippen LogP contribution in [0.2, 0.25) is 0 Å². The summed E-state index contributed by atoms with van der Waals surface area (Å²) in [7, 11) is 0. The average Bonchev–Trinajstić information content (AvgIpc) is 2.17. The van der Waals surface area contributed by atoms with Gasteiger partial charge in [-0.25, -0.2) is 0 Å². The van der Waals surface area contributed by atoms with Crippen LogP contribution in [0.4, 0.5) is 0 Å². The Labute approximate surface area is 73.0 Å². The van der Waals surface area contributed by atoms with Crippen molar-refractivity contribution in [2.75, 3.05) is 0 Å². The molecule has 0 bridgehead atoms. The lowest BCUT2D eigenvalue weighted by Gasteiger charge is -2.15. The summed E-state index contributed by atoms with van der Waals surface area (Å²) in [6.45, 7) is 7.56. The molecule has 0 amide bonds. The molecular formula is C9H16O3. The molecule has 70 valence electrons. The van der Waals surface area contributed by atoms with Gasteiger partial charge in [0, 0.05) is 12.8 Å². The molecule has 0 N–H and O–H groups in total. The second-order valence-corrected chi connectivity index (χ2v) is 3.54. The summed E-state index contributed by atoms with van der Waals surface area (Å²) in [4.78, 5) is 10.7. The van der Waals surface area contributed by atoms with Crippen molar-refractivity contribution < 1.29 is 14.3 Å². The van der Waals surface area contributed by atoms with E-state index in [4.69, 9.17) is 9.47 Å². The van der Waals surface area contributed by atoms with Gasteiger partial charge >= 0.3 is 5.97 Å². The zero-order chi connectivity index (χ0) is 9.30. The van der Waals surface area contributed by atoms with Gasteiger partial charge in [0.1, 0.15) is 0 Å². The second kappa shape index (κ2) is 3.44. The summed E-state index contributed by atoms with van der Waals surface area (Å²) < 4.78 is 10.5. The van der Waals surface area contributed by atoms with Crippen LogP contribution < -0.4 is 0 Å². The van der Waals surface area contributed by atoms with Crippen LogP contribution in [0, 0.1) is 11.8 Å². The van der Waals surface area contributed by atoms with E-state index in [1.807, 2.05) is 13.8 Å². The Morgan fingerprint density at radius 2 is 1.83 bits per heavy atom. The molecule has 1 saturated heterocycles. The van der Waals surface area contributed by atoms with Gasteiger partial charge in [-0.2, -0.15) is 0 Å². The van der Waals surface area contributed by atoms with Crippen molar-refractivity contribution in [3.63, 3.8) is 0 Å². The molecule has 1 aliphatic rings. The number of hydrogen-bond donors (Lipinski definition) is 0. The van der Waals surface area contributed by atoms with E-state index in [0.29, 0.717) is 11.8 Å². The number of carbonyl (C=O) groups is 1. The van der Waals surface area contributed by atoms with Crippen molar-refractivity contribution in [1.82, 2.24) is 0 Å². The van der Waals surface area contributed by atoms with Gasteiger partial charge in [0.15, 0.2) is 0 Å². The number of ether oxygens (including phenoxy) is 2. The van der Waals surface area contributed by atoms with Crippen molar-refractivity contribution >= 4 is 5.97 Å². The zero-order valence-corrected chi connectivity index (χ0v) is 8.03. The Kier molecular flexibility index (Phi) is 2.73. The molecule has 0 aromatic rings. The van der Waals surface area contributed by atoms with Crippen molar-refractivity contribution in [1.29, 1.82) is 0 Å². The van der Waals surface area contributed by atoms with Crippen molar-refractivity contribution in [3.05, 3.63) is 0 Å². The minimum atomic E-state index is -0.340. The lowest BCUT2D eigenvalue weighted by Crippen LogP contribution is -2.21. The molecule has 0 aliphatic carbocycles. The Morgan fingerprint density at radius 1 is 1.25 bits per heavy atom. The first kappa shape index (κ1) is 9.52. The Hall–Kier alpha value is -0.570. The smallest absolute Gasteiger partial charge is 0.304 e. The maximum atomic E-state index is 10.7. The normalized spacial score (nSPS) is 41.3. The standard InChI is InChI=1S/C9H16O3/c1-5-6(2)9(11-7(5)3)12-8(4)10/h5-7,9H,1-4H3/t5-,6+,7+,9?/m0/s1. The minimum absolute atomic E-state index is 0.185. The number of hydrogen-bond acceptors (Lipinski definition) is 3. The fourth-order valence-electron chi connectivity index (χ4n) is 1.43. The highest BCUT2D eigenvalue weighted by molar-refractivity contribution is 5.66. The van der Waals surface area contributed by atoms with Crippen LogP contribution in [0.3, 0.4) is 0 Å². The first-order valence-corrected chi connectivity index (χ1v) is 4.35. The quantitative estimate of drug-likeness (QED) is 0.563. The van der Waals surface area contributed by atoms with Gasteiger partial charge in [0.25, 0.3) is 0 Å². The third-order valence-corrected chi connectivity index (χ3v) is 2.63. The van der Waals surface area contributed by atoms with E-state index >= 15 is 0 Å². The first-order valence-electron chi connectivity index (χ1n) is 4.35. The molecule has 0 saturated carbocycles. The molecule has 3 nitrogen and oxygen atoms in total. The lowest BCUT2D eigenvalue weighted by atomic mass is 9.94. The van der Waals surface area contributed by atoms with Crippen LogP contribution in [0.5, 0.6) is 0 Å². The lowest BCUT2D eigenvalue weighted by molar-refractivity contribution is -0.177. The molecule has 1 fully saturated rings. The molecule has 12 heavy (non-hydrogen) atoms. The van der Waals surface area contributed by atoms with E-state index < -0.39 is 0 Å². The van der Waals surface area contributed by atoms with E-state index in [1.165, 1.54) is 6.92 Å². The fraction of sp³-hybridized carbons (Fsp3) is 0.889. The minimum Gasteiger partial charge on any atom is -0.436 e. The monoisotopic (exact) mass is 172 g/mol. The summed E-state index contributed by atoms with van der Waals surface area (Å²) in [5.41, 5.74) is 0. The van der Waals surface area contributed by atoms with E-state index in [0.717, 1.165) is 0 Å². The van der Waals surface area contributed by atoms with Gasteiger partial charge in [-0.3, -0.25) is 4.79 Å². The van der Waals surface area contributed by atoms with Crippen LogP contribution >= 0.6 is 0 Å².